The van der Waals surface area contributed by atoms with Gasteiger partial charge in [0.05, 0.1) is 11.0 Å². The first-order valence-electron chi connectivity index (χ1n) is 5.58. The maximum absolute atomic E-state index is 10.6. The van der Waals surface area contributed by atoms with Crippen LogP contribution in [-0.4, -0.2) is 4.92 Å². The number of rotatable bonds is 5. The van der Waals surface area contributed by atoms with Crippen molar-refractivity contribution in [3.63, 3.8) is 0 Å². The van der Waals surface area contributed by atoms with Gasteiger partial charge in [-0.3, -0.25) is 10.1 Å². The number of nitrogens with zero attached hydrogens (tertiary/aromatic N) is 1. The number of furan rings is 1. The molecule has 0 aliphatic heterocycles. The highest BCUT2D eigenvalue weighted by molar-refractivity contribution is 7.13. The monoisotopic (exact) mass is 266 g/mol. The van der Waals surface area contributed by atoms with Crippen molar-refractivity contribution in [2.24, 2.45) is 0 Å². The summed E-state index contributed by atoms with van der Waals surface area (Å²) in [5, 5.41) is 15.8. The van der Waals surface area contributed by atoms with Crippen molar-refractivity contribution in [3.05, 3.63) is 50.8 Å². The van der Waals surface area contributed by atoms with Crippen LogP contribution >= 0.6 is 11.3 Å². The van der Waals surface area contributed by atoms with Gasteiger partial charge in [-0.25, -0.2) is 0 Å². The highest BCUT2D eigenvalue weighted by atomic mass is 32.1. The van der Waals surface area contributed by atoms with Crippen molar-refractivity contribution in [2.75, 3.05) is 0 Å². The fourth-order valence-electron chi connectivity index (χ4n) is 1.61. The lowest BCUT2D eigenvalue weighted by Crippen LogP contribution is -2.17. The summed E-state index contributed by atoms with van der Waals surface area (Å²) >= 11 is 1.15. The first kappa shape index (κ1) is 12.8. The van der Waals surface area contributed by atoms with E-state index in [-0.39, 0.29) is 16.0 Å². The molecule has 2 aromatic heterocycles. The smallest absolute Gasteiger partial charge is 0.324 e. The van der Waals surface area contributed by atoms with Crippen LogP contribution in [0, 0.1) is 17.0 Å². The van der Waals surface area contributed by atoms with Crippen LogP contribution in [0.25, 0.3) is 0 Å². The number of hydrogen-bond acceptors (Lipinski definition) is 5. The second-order valence-electron chi connectivity index (χ2n) is 4.10. The molecule has 2 rings (SSSR count). The fourth-order valence-corrected chi connectivity index (χ4v) is 2.34. The van der Waals surface area contributed by atoms with Gasteiger partial charge in [-0.05, 0) is 31.5 Å². The zero-order chi connectivity index (χ0) is 13.1. The number of nitrogens with one attached hydrogen (secondary N) is 1. The van der Waals surface area contributed by atoms with Gasteiger partial charge in [0.1, 0.15) is 11.5 Å². The van der Waals surface area contributed by atoms with Crippen LogP contribution in [0.4, 0.5) is 5.00 Å². The minimum atomic E-state index is -0.368. The van der Waals surface area contributed by atoms with Gasteiger partial charge in [0.2, 0.25) is 0 Å². The zero-order valence-corrected chi connectivity index (χ0v) is 11.0. The highest BCUT2D eigenvalue weighted by Gasteiger charge is 2.12. The topological polar surface area (TPSA) is 68.3 Å². The second kappa shape index (κ2) is 5.32. The molecule has 2 aromatic rings. The SMILES string of the molecule is Cc1ccc(C(C)NCc2csc([N+](=O)[O-])c2)o1. The molecule has 0 radical (unpaired) electrons. The summed E-state index contributed by atoms with van der Waals surface area (Å²) in [4.78, 5) is 10.2. The summed E-state index contributed by atoms with van der Waals surface area (Å²) in [6.45, 7) is 4.49. The molecule has 1 N–H and O–H groups in total. The summed E-state index contributed by atoms with van der Waals surface area (Å²) < 4.78 is 5.51. The number of aryl methyl sites for hydroxylation is 1. The van der Waals surface area contributed by atoms with Gasteiger partial charge >= 0.3 is 5.00 Å². The predicted octanol–water partition coefficient (Wildman–Crippen LogP) is 3.41. The summed E-state index contributed by atoms with van der Waals surface area (Å²) in [7, 11) is 0. The van der Waals surface area contributed by atoms with Gasteiger partial charge in [0, 0.05) is 18.0 Å². The summed E-state index contributed by atoms with van der Waals surface area (Å²) in [6.07, 6.45) is 0. The Balaban J connectivity index is 1.92. The Kier molecular flexibility index (Phi) is 3.78. The fraction of sp³-hybridized carbons (Fsp3) is 0.333. The number of hydrogen-bond donors (Lipinski definition) is 1. The van der Waals surface area contributed by atoms with E-state index in [2.05, 4.69) is 5.32 Å². The van der Waals surface area contributed by atoms with E-state index in [0.29, 0.717) is 6.54 Å². The van der Waals surface area contributed by atoms with Gasteiger partial charge in [0.25, 0.3) is 0 Å². The maximum Gasteiger partial charge on any atom is 0.324 e. The Morgan fingerprint density at radius 2 is 2.33 bits per heavy atom. The first-order chi connectivity index (χ1) is 8.56. The minimum absolute atomic E-state index is 0.0812. The standard InChI is InChI=1S/C12H14N2O3S/c1-8-3-4-11(17-8)9(2)13-6-10-5-12(14(15)16)18-7-10/h3-5,7,9,13H,6H2,1-2H3. The molecule has 0 aliphatic carbocycles. The molecule has 6 heteroatoms. The van der Waals surface area contributed by atoms with E-state index < -0.39 is 0 Å². The third-order valence-electron chi connectivity index (χ3n) is 2.62. The molecule has 2 heterocycles. The lowest BCUT2D eigenvalue weighted by atomic mass is 10.2. The van der Waals surface area contributed by atoms with Gasteiger partial charge in [-0.15, -0.1) is 0 Å². The van der Waals surface area contributed by atoms with E-state index in [9.17, 15) is 10.1 Å². The van der Waals surface area contributed by atoms with Crippen LogP contribution in [0.5, 0.6) is 0 Å². The third-order valence-corrected chi connectivity index (χ3v) is 3.55. The summed E-state index contributed by atoms with van der Waals surface area (Å²) in [5.41, 5.74) is 0.918. The van der Waals surface area contributed by atoms with E-state index in [0.717, 1.165) is 28.4 Å². The zero-order valence-electron chi connectivity index (χ0n) is 10.2. The number of thiophene rings is 1. The van der Waals surface area contributed by atoms with E-state index in [1.165, 1.54) is 0 Å². The van der Waals surface area contributed by atoms with E-state index >= 15 is 0 Å². The molecule has 0 aliphatic rings. The lowest BCUT2D eigenvalue weighted by Gasteiger charge is -2.09. The van der Waals surface area contributed by atoms with E-state index in [1.807, 2.05) is 26.0 Å². The Morgan fingerprint density at radius 3 is 2.89 bits per heavy atom. The highest BCUT2D eigenvalue weighted by Crippen LogP contribution is 2.23. The lowest BCUT2D eigenvalue weighted by molar-refractivity contribution is -0.380. The van der Waals surface area contributed by atoms with Crippen LogP contribution in [0.2, 0.25) is 0 Å². The molecule has 0 aromatic carbocycles. The van der Waals surface area contributed by atoms with Crippen molar-refractivity contribution in [2.45, 2.75) is 26.4 Å². The Hall–Kier alpha value is -1.66. The summed E-state index contributed by atoms with van der Waals surface area (Å²) in [5.74, 6) is 1.75. The predicted molar refractivity (Wildman–Crippen MR) is 69.7 cm³/mol. The molecular weight excluding hydrogens is 252 g/mol. The molecule has 18 heavy (non-hydrogen) atoms. The maximum atomic E-state index is 10.6. The molecule has 0 fully saturated rings. The Morgan fingerprint density at radius 1 is 1.56 bits per heavy atom. The van der Waals surface area contributed by atoms with Gasteiger partial charge < -0.3 is 9.73 Å². The van der Waals surface area contributed by atoms with Crippen LogP contribution < -0.4 is 5.32 Å². The van der Waals surface area contributed by atoms with E-state index in [4.69, 9.17) is 4.42 Å². The van der Waals surface area contributed by atoms with Crippen molar-refractivity contribution < 1.29 is 9.34 Å². The van der Waals surface area contributed by atoms with Crippen molar-refractivity contribution in [1.82, 2.24) is 5.32 Å². The van der Waals surface area contributed by atoms with Crippen molar-refractivity contribution in [3.8, 4) is 0 Å². The largest absolute Gasteiger partial charge is 0.465 e. The van der Waals surface area contributed by atoms with Crippen LogP contribution in [-0.2, 0) is 6.54 Å². The van der Waals surface area contributed by atoms with E-state index in [1.54, 1.807) is 11.4 Å². The molecule has 0 bridgehead atoms. The molecule has 0 saturated carbocycles. The van der Waals surface area contributed by atoms with Crippen LogP contribution in [0.3, 0.4) is 0 Å². The molecule has 0 saturated heterocycles. The molecule has 0 spiro atoms. The third kappa shape index (κ3) is 2.96. The van der Waals surface area contributed by atoms with Crippen molar-refractivity contribution >= 4 is 16.3 Å². The second-order valence-corrected chi connectivity index (χ2v) is 4.99. The molecular formula is C12H14N2O3S. The van der Waals surface area contributed by atoms with Crippen molar-refractivity contribution in [1.29, 1.82) is 0 Å². The summed E-state index contributed by atoms with van der Waals surface area (Å²) in [6, 6.07) is 5.53. The average Bonchev–Trinajstić information content (AvgIpc) is 2.94. The Labute approximate surface area is 109 Å². The van der Waals surface area contributed by atoms with Gasteiger partial charge in [-0.1, -0.05) is 11.3 Å². The quantitative estimate of drug-likeness (QED) is 0.665. The molecule has 1 unspecified atom stereocenters. The first-order valence-corrected chi connectivity index (χ1v) is 6.45. The average molecular weight is 266 g/mol. The molecule has 5 nitrogen and oxygen atoms in total. The number of nitro groups is 1. The van der Waals surface area contributed by atoms with Crippen LogP contribution in [0.1, 0.15) is 30.0 Å². The van der Waals surface area contributed by atoms with Crippen LogP contribution in [0.15, 0.2) is 28.0 Å². The van der Waals surface area contributed by atoms with Gasteiger partial charge in [0.15, 0.2) is 0 Å². The molecule has 0 amide bonds. The normalized spacial score (nSPS) is 12.6. The molecule has 96 valence electrons. The van der Waals surface area contributed by atoms with Gasteiger partial charge in [-0.2, -0.15) is 0 Å². The minimum Gasteiger partial charge on any atom is -0.465 e. The molecule has 1 atom stereocenters. The Bertz CT molecular complexity index is 547.